The van der Waals surface area contributed by atoms with Gasteiger partial charge in [-0.1, -0.05) is 0 Å². The maximum atomic E-state index is 7.35. The van der Waals surface area contributed by atoms with Crippen molar-refractivity contribution in [2.75, 3.05) is 7.11 Å². The van der Waals surface area contributed by atoms with E-state index < -0.39 is 0 Å². The number of nitrogens with zero attached hydrogens (tertiary/aromatic N) is 2. The number of aromatic nitrogens is 2. The molecule has 3 N–H and O–H groups in total. The van der Waals surface area contributed by atoms with Crippen molar-refractivity contribution in [3.63, 3.8) is 0 Å². The largest absolute Gasteiger partial charge is 0.493 e. The van der Waals surface area contributed by atoms with E-state index in [-0.39, 0.29) is 5.84 Å². The summed E-state index contributed by atoms with van der Waals surface area (Å²) in [6.07, 6.45) is 3.84. The van der Waals surface area contributed by atoms with Gasteiger partial charge >= 0.3 is 0 Å². The number of methoxy groups -OCH3 is 1. The smallest absolute Gasteiger partial charge is 0.166 e. The molecule has 1 aliphatic rings. The average molecular weight is 192 g/mol. The molecule has 0 spiro atoms. The molecule has 0 unspecified atom stereocenters. The molecule has 5 nitrogen and oxygen atoms in total. The summed E-state index contributed by atoms with van der Waals surface area (Å²) in [5.74, 6) is 1.61. The molecule has 1 heterocycles. The minimum atomic E-state index is -0.0776. The highest BCUT2D eigenvalue weighted by atomic mass is 16.5. The van der Waals surface area contributed by atoms with Crippen molar-refractivity contribution in [1.82, 2.24) is 9.97 Å². The predicted octanol–water partition coefficient (Wildman–Crippen LogP) is 0.647. The molecule has 1 saturated carbocycles. The second-order valence-corrected chi connectivity index (χ2v) is 3.33. The van der Waals surface area contributed by atoms with Gasteiger partial charge in [-0.25, -0.2) is 9.97 Å². The Labute approximate surface area is 81.8 Å². The van der Waals surface area contributed by atoms with E-state index in [0.717, 1.165) is 18.7 Å². The van der Waals surface area contributed by atoms with Crippen molar-refractivity contribution in [1.29, 1.82) is 5.41 Å². The maximum absolute atomic E-state index is 7.35. The number of ether oxygens (including phenoxy) is 1. The molecule has 14 heavy (non-hydrogen) atoms. The highest BCUT2D eigenvalue weighted by molar-refractivity contribution is 5.95. The molecular weight excluding hydrogens is 180 g/mol. The first-order valence-corrected chi connectivity index (χ1v) is 4.47. The minimum Gasteiger partial charge on any atom is -0.493 e. The zero-order chi connectivity index (χ0) is 10.1. The second kappa shape index (κ2) is 3.25. The minimum absolute atomic E-state index is 0.0776. The van der Waals surface area contributed by atoms with Gasteiger partial charge in [0.2, 0.25) is 0 Å². The Morgan fingerprint density at radius 3 is 2.86 bits per heavy atom. The summed E-state index contributed by atoms with van der Waals surface area (Å²) in [5.41, 5.74) is 5.79. The SMILES string of the molecule is COc1cnc(C2CC2)nc1C(=N)N. The van der Waals surface area contributed by atoms with E-state index in [4.69, 9.17) is 15.9 Å². The van der Waals surface area contributed by atoms with Crippen molar-refractivity contribution >= 4 is 5.84 Å². The molecule has 0 saturated heterocycles. The summed E-state index contributed by atoms with van der Waals surface area (Å²) in [5, 5.41) is 7.35. The van der Waals surface area contributed by atoms with E-state index in [9.17, 15) is 0 Å². The number of nitrogens with two attached hydrogens (primary N) is 1. The van der Waals surface area contributed by atoms with E-state index in [0.29, 0.717) is 17.4 Å². The Balaban J connectivity index is 2.40. The number of hydrogen-bond acceptors (Lipinski definition) is 4. The fourth-order valence-corrected chi connectivity index (χ4v) is 1.26. The molecule has 0 bridgehead atoms. The normalized spacial score (nSPS) is 15.2. The van der Waals surface area contributed by atoms with E-state index in [1.165, 1.54) is 7.11 Å². The summed E-state index contributed by atoms with van der Waals surface area (Å²) in [7, 11) is 1.52. The summed E-state index contributed by atoms with van der Waals surface area (Å²) in [4.78, 5) is 8.39. The molecule has 1 aromatic rings. The summed E-state index contributed by atoms with van der Waals surface area (Å²) in [6, 6.07) is 0. The lowest BCUT2D eigenvalue weighted by molar-refractivity contribution is 0.408. The summed E-state index contributed by atoms with van der Waals surface area (Å²) in [6.45, 7) is 0. The lowest BCUT2D eigenvalue weighted by Crippen LogP contribution is -2.16. The molecule has 0 radical (unpaired) electrons. The highest BCUT2D eigenvalue weighted by Gasteiger charge is 2.27. The number of nitrogens with one attached hydrogen (secondary N) is 1. The van der Waals surface area contributed by atoms with Crippen LogP contribution < -0.4 is 10.5 Å². The quantitative estimate of drug-likeness (QED) is 0.543. The lowest BCUT2D eigenvalue weighted by Gasteiger charge is -2.06. The number of hydrogen-bond donors (Lipinski definition) is 2. The molecule has 1 aromatic heterocycles. The van der Waals surface area contributed by atoms with E-state index in [1.54, 1.807) is 6.20 Å². The van der Waals surface area contributed by atoms with Crippen LogP contribution in [0.5, 0.6) is 5.75 Å². The zero-order valence-electron chi connectivity index (χ0n) is 7.95. The lowest BCUT2D eigenvalue weighted by atomic mass is 10.3. The third kappa shape index (κ3) is 1.53. The fourth-order valence-electron chi connectivity index (χ4n) is 1.26. The molecule has 0 aliphatic heterocycles. The van der Waals surface area contributed by atoms with Crippen LogP contribution in [0.1, 0.15) is 30.3 Å². The first-order chi connectivity index (χ1) is 6.72. The number of amidine groups is 1. The van der Waals surface area contributed by atoms with Crippen molar-refractivity contribution in [2.45, 2.75) is 18.8 Å². The monoisotopic (exact) mass is 192 g/mol. The Morgan fingerprint density at radius 2 is 2.36 bits per heavy atom. The standard InChI is InChI=1S/C9H12N4O/c1-14-6-4-12-9(5-2-3-5)13-7(6)8(10)11/h4-5H,2-3H2,1H3,(H3,10,11). The van der Waals surface area contributed by atoms with Gasteiger partial charge in [0.05, 0.1) is 13.3 Å². The second-order valence-electron chi connectivity index (χ2n) is 3.33. The average Bonchev–Trinajstić information content (AvgIpc) is 3.00. The van der Waals surface area contributed by atoms with Gasteiger partial charge in [-0.3, -0.25) is 5.41 Å². The van der Waals surface area contributed by atoms with Crippen LogP contribution in [0.2, 0.25) is 0 Å². The molecule has 5 heteroatoms. The number of nitrogen functional groups attached to an aromatic ring is 1. The van der Waals surface area contributed by atoms with Crippen molar-refractivity contribution in [2.24, 2.45) is 5.73 Å². The third-order valence-corrected chi connectivity index (χ3v) is 2.19. The molecular formula is C9H12N4O. The van der Waals surface area contributed by atoms with Crippen LogP contribution in [0.25, 0.3) is 0 Å². The van der Waals surface area contributed by atoms with Crippen LogP contribution in [-0.2, 0) is 0 Å². The van der Waals surface area contributed by atoms with Gasteiger partial charge in [0.15, 0.2) is 11.4 Å². The topological polar surface area (TPSA) is 84.9 Å². The molecule has 0 amide bonds. The Bertz CT molecular complexity index is 373. The first kappa shape index (κ1) is 8.93. The van der Waals surface area contributed by atoms with Gasteiger partial charge in [0.25, 0.3) is 0 Å². The maximum Gasteiger partial charge on any atom is 0.166 e. The zero-order valence-corrected chi connectivity index (χ0v) is 7.95. The fraction of sp³-hybridized carbons (Fsp3) is 0.444. The van der Waals surface area contributed by atoms with Gasteiger partial charge in [-0.05, 0) is 12.8 Å². The highest BCUT2D eigenvalue weighted by Crippen LogP contribution is 2.38. The van der Waals surface area contributed by atoms with E-state index in [1.807, 2.05) is 0 Å². The Morgan fingerprint density at radius 1 is 1.64 bits per heavy atom. The Hall–Kier alpha value is -1.65. The summed E-state index contributed by atoms with van der Waals surface area (Å²) < 4.78 is 5.02. The molecule has 1 aliphatic carbocycles. The van der Waals surface area contributed by atoms with Gasteiger partial charge < -0.3 is 10.5 Å². The number of rotatable bonds is 3. The summed E-state index contributed by atoms with van der Waals surface area (Å²) >= 11 is 0. The molecule has 0 atom stereocenters. The van der Waals surface area contributed by atoms with E-state index in [2.05, 4.69) is 9.97 Å². The van der Waals surface area contributed by atoms with Gasteiger partial charge in [-0.15, -0.1) is 0 Å². The van der Waals surface area contributed by atoms with Crippen molar-refractivity contribution in [3.8, 4) is 5.75 Å². The van der Waals surface area contributed by atoms with Gasteiger partial charge in [-0.2, -0.15) is 0 Å². The molecule has 74 valence electrons. The predicted molar refractivity (Wildman–Crippen MR) is 51.6 cm³/mol. The van der Waals surface area contributed by atoms with E-state index >= 15 is 0 Å². The molecule has 2 rings (SSSR count). The van der Waals surface area contributed by atoms with Crippen LogP contribution >= 0.6 is 0 Å². The van der Waals surface area contributed by atoms with Crippen molar-refractivity contribution < 1.29 is 4.74 Å². The Kier molecular flexibility index (Phi) is 2.07. The van der Waals surface area contributed by atoms with Crippen LogP contribution in [0.4, 0.5) is 0 Å². The molecule has 1 fully saturated rings. The van der Waals surface area contributed by atoms with Crippen LogP contribution in [0.15, 0.2) is 6.20 Å². The van der Waals surface area contributed by atoms with Crippen molar-refractivity contribution in [3.05, 3.63) is 17.7 Å². The van der Waals surface area contributed by atoms with Crippen LogP contribution in [-0.4, -0.2) is 22.9 Å². The first-order valence-electron chi connectivity index (χ1n) is 4.47. The van der Waals surface area contributed by atoms with Crippen LogP contribution in [0.3, 0.4) is 0 Å². The van der Waals surface area contributed by atoms with Crippen LogP contribution in [0, 0.1) is 5.41 Å². The van der Waals surface area contributed by atoms with Gasteiger partial charge in [0, 0.05) is 5.92 Å². The van der Waals surface area contributed by atoms with Gasteiger partial charge in [0.1, 0.15) is 11.7 Å². The third-order valence-electron chi connectivity index (χ3n) is 2.19. The molecule has 0 aromatic carbocycles.